The summed E-state index contributed by atoms with van der Waals surface area (Å²) in [5.41, 5.74) is 2.78. The number of hydrogen-bond acceptors (Lipinski definition) is 5. The molecule has 202 valence electrons. The summed E-state index contributed by atoms with van der Waals surface area (Å²) in [6.07, 6.45) is 12.6. The van der Waals surface area contributed by atoms with Crippen LogP contribution in [0.4, 0.5) is 0 Å². The molecule has 7 atom stereocenters. The quantitative estimate of drug-likeness (QED) is 0.320. The fraction of sp³-hybridized carbons (Fsp3) is 0.774. The Kier molecular flexibility index (Phi) is 10.0. The summed E-state index contributed by atoms with van der Waals surface area (Å²) in [7, 11) is 0. The van der Waals surface area contributed by atoms with Crippen molar-refractivity contribution in [2.45, 2.75) is 122 Å². The lowest BCUT2D eigenvalue weighted by Crippen LogP contribution is -2.45. The largest absolute Gasteiger partial charge is 0.390 e. The maximum absolute atomic E-state index is 10.8. The van der Waals surface area contributed by atoms with Crippen LogP contribution in [-0.2, 0) is 4.74 Å². The highest BCUT2D eigenvalue weighted by atomic mass is 16.5. The Labute approximate surface area is 218 Å². The summed E-state index contributed by atoms with van der Waals surface area (Å²) >= 11 is 0. The second kappa shape index (κ2) is 12.4. The van der Waals surface area contributed by atoms with E-state index in [1.54, 1.807) is 0 Å². The predicted molar refractivity (Wildman–Crippen MR) is 144 cm³/mol. The molecule has 0 amide bonds. The molecule has 0 aliphatic heterocycles. The zero-order valence-corrected chi connectivity index (χ0v) is 23.0. The Hall–Kier alpha value is -1.45. The van der Waals surface area contributed by atoms with Crippen LogP contribution in [0.25, 0.3) is 0 Å². The van der Waals surface area contributed by atoms with E-state index in [1.807, 2.05) is 13.8 Å². The van der Waals surface area contributed by atoms with E-state index < -0.39 is 23.9 Å². The van der Waals surface area contributed by atoms with E-state index in [2.05, 4.69) is 38.6 Å². The Balaban J connectivity index is 1.66. The van der Waals surface area contributed by atoms with Crippen LogP contribution in [0.2, 0.25) is 0 Å². The molecule has 5 nitrogen and oxygen atoms in total. The molecule has 3 N–H and O–H groups in total. The van der Waals surface area contributed by atoms with Gasteiger partial charge in [-0.2, -0.15) is 5.26 Å². The van der Waals surface area contributed by atoms with Crippen molar-refractivity contribution in [3.8, 4) is 6.07 Å². The third-order valence-corrected chi connectivity index (χ3v) is 9.30. The van der Waals surface area contributed by atoms with Crippen molar-refractivity contribution in [3.05, 3.63) is 35.5 Å². The summed E-state index contributed by atoms with van der Waals surface area (Å²) in [6.45, 7) is 13.2. The molecular formula is C31H49NO4. The van der Waals surface area contributed by atoms with Gasteiger partial charge in [-0.05, 0) is 93.1 Å². The zero-order valence-electron chi connectivity index (χ0n) is 23.0. The molecule has 0 radical (unpaired) electrons. The minimum Gasteiger partial charge on any atom is -0.390 e. The van der Waals surface area contributed by atoms with Crippen molar-refractivity contribution in [1.29, 1.82) is 5.26 Å². The maximum Gasteiger partial charge on any atom is 0.114 e. The maximum atomic E-state index is 10.8. The van der Waals surface area contributed by atoms with Crippen LogP contribution in [0, 0.1) is 34.5 Å². The predicted octanol–water partition coefficient (Wildman–Crippen LogP) is 6.00. The second-order valence-electron chi connectivity index (χ2n) is 12.5. The fourth-order valence-electron chi connectivity index (χ4n) is 7.30. The summed E-state index contributed by atoms with van der Waals surface area (Å²) in [5.74, 6) is 1.97. The van der Waals surface area contributed by atoms with Gasteiger partial charge < -0.3 is 20.1 Å². The minimum absolute atomic E-state index is 0.321. The van der Waals surface area contributed by atoms with Gasteiger partial charge in [-0.15, -0.1) is 0 Å². The Bertz CT molecular complexity index is 863. The Morgan fingerprint density at radius 1 is 1.25 bits per heavy atom. The molecule has 0 aromatic heterocycles. The number of rotatable bonds is 10. The van der Waals surface area contributed by atoms with Crippen molar-refractivity contribution < 1.29 is 20.1 Å². The highest BCUT2D eigenvalue weighted by Gasteiger charge is 2.50. The average molecular weight is 500 g/mol. The van der Waals surface area contributed by atoms with Crippen molar-refractivity contribution in [2.24, 2.45) is 23.2 Å². The normalized spacial score (nSPS) is 36.2. The van der Waals surface area contributed by atoms with Crippen molar-refractivity contribution >= 4 is 0 Å². The third kappa shape index (κ3) is 6.90. The minimum atomic E-state index is -0.933. The van der Waals surface area contributed by atoms with Gasteiger partial charge in [0.15, 0.2) is 0 Å². The van der Waals surface area contributed by atoms with Crippen LogP contribution in [0.1, 0.15) is 98.3 Å². The highest BCUT2D eigenvalue weighted by molar-refractivity contribution is 5.40. The first-order chi connectivity index (χ1) is 17.0. The SMILES string of the molecule is C=C1/C(=C\C=C2/CCC[C@]3(C)[C@@H]([C@H](C)CCCC(C)(C)O)CC[C@@H]23)C[C@@H](O)[C@H](OCCCC#N)[C@@H]1O. The topological polar surface area (TPSA) is 93.7 Å². The molecule has 0 saturated heterocycles. The van der Waals surface area contributed by atoms with Gasteiger partial charge in [-0.3, -0.25) is 0 Å². The number of allylic oxidation sites excluding steroid dienone is 3. The average Bonchev–Trinajstić information content (AvgIpc) is 3.16. The molecule has 3 saturated carbocycles. The van der Waals surface area contributed by atoms with Crippen LogP contribution < -0.4 is 0 Å². The van der Waals surface area contributed by atoms with Gasteiger partial charge in [0.2, 0.25) is 0 Å². The van der Waals surface area contributed by atoms with E-state index in [0.717, 1.165) is 24.8 Å². The molecule has 36 heavy (non-hydrogen) atoms. The molecule has 0 spiro atoms. The van der Waals surface area contributed by atoms with Gasteiger partial charge in [0, 0.05) is 19.4 Å². The third-order valence-electron chi connectivity index (χ3n) is 9.30. The smallest absolute Gasteiger partial charge is 0.114 e. The van der Waals surface area contributed by atoms with Crippen molar-refractivity contribution in [2.75, 3.05) is 6.61 Å². The fourth-order valence-corrected chi connectivity index (χ4v) is 7.30. The van der Waals surface area contributed by atoms with Crippen LogP contribution in [0.5, 0.6) is 0 Å². The first-order valence-electron chi connectivity index (χ1n) is 14.1. The molecule has 0 bridgehead atoms. The summed E-state index contributed by atoms with van der Waals surface area (Å²) < 4.78 is 5.70. The van der Waals surface area contributed by atoms with E-state index in [0.29, 0.717) is 54.6 Å². The number of nitrogens with zero attached hydrogens (tertiary/aromatic N) is 1. The van der Waals surface area contributed by atoms with Crippen LogP contribution in [0.15, 0.2) is 35.5 Å². The standard InChI is InChI=1S/C31H49NO4/c1-21(10-8-16-30(3,4)35)25-14-15-26-23(11-9-17-31(25,26)5)12-13-24-20-27(33)29(28(34)22(24)2)36-19-7-6-18-32/h12-13,21,25-29,33-35H,2,6-11,14-17,19-20H2,1,3-5H3/b23-12+,24-13-/t21-,25-,26+,27-,28-,29+,31-/m1/s1. The molecule has 3 aliphatic carbocycles. The van der Waals surface area contributed by atoms with E-state index in [1.165, 1.54) is 37.7 Å². The lowest BCUT2D eigenvalue weighted by atomic mass is 9.60. The number of hydrogen-bond donors (Lipinski definition) is 3. The summed E-state index contributed by atoms with van der Waals surface area (Å²) in [4.78, 5) is 0. The van der Waals surface area contributed by atoms with Gasteiger partial charge in [0.05, 0.1) is 17.8 Å². The summed E-state index contributed by atoms with van der Waals surface area (Å²) in [5, 5.41) is 40.2. The van der Waals surface area contributed by atoms with Crippen molar-refractivity contribution in [3.63, 3.8) is 0 Å². The molecule has 5 heteroatoms. The number of aliphatic hydroxyl groups is 3. The lowest BCUT2D eigenvalue weighted by molar-refractivity contribution is -0.0951. The molecule has 0 unspecified atom stereocenters. The van der Waals surface area contributed by atoms with Crippen LogP contribution >= 0.6 is 0 Å². The number of nitriles is 1. The molecular weight excluding hydrogens is 450 g/mol. The first-order valence-corrected chi connectivity index (χ1v) is 14.1. The van der Waals surface area contributed by atoms with E-state index in [9.17, 15) is 15.3 Å². The van der Waals surface area contributed by atoms with Gasteiger partial charge in [-0.1, -0.05) is 51.0 Å². The molecule has 0 aromatic rings. The lowest BCUT2D eigenvalue weighted by Gasteiger charge is -2.44. The molecule has 3 fully saturated rings. The van der Waals surface area contributed by atoms with Crippen LogP contribution in [-0.4, -0.2) is 45.8 Å². The number of ether oxygens (including phenoxy) is 1. The number of unbranched alkanes of at least 4 members (excludes halogenated alkanes) is 1. The number of fused-ring (bicyclic) bond motifs is 1. The molecule has 0 aromatic carbocycles. The Morgan fingerprint density at radius 2 is 2.00 bits per heavy atom. The second-order valence-corrected chi connectivity index (χ2v) is 12.5. The molecule has 3 aliphatic rings. The summed E-state index contributed by atoms with van der Waals surface area (Å²) in [6, 6.07) is 2.09. The van der Waals surface area contributed by atoms with E-state index >= 15 is 0 Å². The van der Waals surface area contributed by atoms with Crippen molar-refractivity contribution in [1.82, 2.24) is 0 Å². The number of aliphatic hydroxyl groups excluding tert-OH is 2. The van der Waals surface area contributed by atoms with E-state index in [4.69, 9.17) is 10.00 Å². The first kappa shape index (κ1) is 29.1. The van der Waals surface area contributed by atoms with Gasteiger partial charge in [0.25, 0.3) is 0 Å². The zero-order chi connectivity index (χ0) is 26.5. The molecule has 0 heterocycles. The van der Waals surface area contributed by atoms with Gasteiger partial charge in [0.1, 0.15) is 12.2 Å². The van der Waals surface area contributed by atoms with E-state index in [-0.39, 0.29) is 0 Å². The van der Waals surface area contributed by atoms with Gasteiger partial charge >= 0.3 is 0 Å². The highest BCUT2D eigenvalue weighted by Crippen LogP contribution is 2.60. The Morgan fingerprint density at radius 3 is 2.69 bits per heavy atom. The van der Waals surface area contributed by atoms with Crippen LogP contribution in [0.3, 0.4) is 0 Å². The van der Waals surface area contributed by atoms with Gasteiger partial charge in [-0.25, -0.2) is 0 Å². The monoisotopic (exact) mass is 499 g/mol. The molecule has 3 rings (SSSR count).